The number of aliphatic hydroxyl groups excluding tert-OH is 1. The molecule has 0 aromatic heterocycles. The van der Waals surface area contributed by atoms with Gasteiger partial charge in [0.1, 0.15) is 5.75 Å². The van der Waals surface area contributed by atoms with Gasteiger partial charge in [0, 0.05) is 12.6 Å². The van der Waals surface area contributed by atoms with Crippen molar-refractivity contribution in [3.63, 3.8) is 0 Å². The Morgan fingerprint density at radius 1 is 1.26 bits per heavy atom. The molecule has 0 radical (unpaired) electrons. The summed E-state index contributed by atoms with van der Waals surface area (Å²) < 4.78 is 5.30. The average Bonchev–Trinajstić information content (AvgIpc) is 3.07. The van der Waals surface area contributed by atoms with Crippen LogP contribution in [0.4, 0.5) is 4.79 Å². The molecule has 2 N–H and O–H groups in total. The van der Waals surface area contributed by atoms with Crippen molar-refractivity contribution in [1.82, 2.24) is 10.2 Å². The highest BCUT2D eigenvalue weighted by atomic mass is 16.5. The van der Waals surface area contributed by atoms with Gasteiger partial charge in [-0.25, -0.2) is 4.79 Å². The minimum absolute atomic E-state index is 0.0247. The Kier molecular flexibility index (Phi) is 5.06. The smallest absolute Gasteiger partial charge is 0.318 e. The Morgan fingerprint density at radius 3 is 2.78 bits per heavy atom. The minimum atomic E-state index is -0.195. The zero-order chi connectivity index (χ0) is 16.2. The summed E-state index contributed by atoms with van der Waals surface area (Å²) in [5.74, 6) is 0.830. The number of nitrogens with one attached hydrogen (secondary N) is 1. The first-order valence-corrected chi connectivity index (χ1v) is 8.56. The van der Waals surface area contributed by atoms with Gasteiger partial charge in [0.15, 0.2) is 0 Å². The zero-order valence-electron chi connectivity index (χ0n) is 13.7. The number of methoxy groups -OCH3 is 1. The lowest BCUT2D eigenvalue weighted by molar-refractivity contribution is 0.114. The summed E-state index contributed by atoms with van der Waals surface area (Å²) in [6.45, 7) is 0.795. The minimum Gasteiger partial charge on any atom is -0.497 e. The van der Waals surface area contributed by atoms with Crippen molar-refractivity contribution in [1.29, 1.82) is 0 Å². The van der Waals surface area contributed by atoms with Gasteiger partial charge < -0.3 is 20.1 Å². The molecule has 5 heteroatoms. The molecule has 1 aliphatic carbocycles. The summed E-state index contributed by atoms with van der Waals surface area (Å²) in [6, 6.07) is 8.33. The molecule has 23 heavy (non-hydrogen) atoms. The van der Waals surface area contributed by atoms with E-state index in [4.69, 9.17) is 4.74 Å². The number of carbonyl (C=O) groups is 1. The highest BCUT2D eigenvalue weighted by Crippen LogP contribution is 2.33. The Labute approximate surface area is 137 Å². The van der Waals surface area contributed by atoms with E-state index in [-0.39, 0.29) is 24.2 Å². The number of amides is 2. The van der Waals surface area contributed by atoms with Gasteiger partial charge in [-0.2, -0.15) is 0 Å². The first-order chi connectivity index (χ1) is 11.2. The van der Waals surface area contributed by atoms with E-state index in [1.54, 1.807) is 7.11 Å². The van der Waals surface area contributed by atoms with Crippen LogP contribution in [0.5, 0.6) is 5.75 Å². The lowest BCUT2D eigenvalue weighted by atomic mass is 9.93. The lowest BCUT2D eigenvalue weighted by Gasteiger charge is -2.31. The molecule has 1 saturated carbocycles. The van der Waals surface area contributed by atoms with Crippen molar-refractivity contribution in [2.45, 2.75) is 56.7 Å². The molecule has 2 fully saturated rings. The second-order valence-electron chi connectivity index (χ2n) is 6.58. The summed E-state index contributed by atoms with van der Waals surface area (Å²) in [6.07, 6.45) is 5.12. The summed E-state index contributed by atoms with van der Waals surface area (Å²) in [7, 11) is 1.66. The molecular weight excluding hydrogens is 292 g/mol. The number of hydrogen-bond donors (Lipinski definition) is 2. The lowest BCUT2D eigenvalue weighted by Crippen LogP contribution is -2.46. The van der Waals surface area contributed by atoms with Crippen LogP contribution in [0, 0.1) is 0 Å². The van der Waals surface area contributed by atoms with Gasteiger partial charge in [-0.05, 0) is 56.2 Å². The second-order valence-corrected chi connectivity index (χ2v) is 6.58. The molecular formula is C18H26N2O3. The zero-order valence-corrected chi connectivity index (χ0v) is 13.7. The van der Waals surface area contributed by atoms with E-state index in [9.17, 15) is 9.90 Å². The van der Waals surface area contributed by atoms with Gasteiger partial charge in [0.2, 0.25) is 0 Å². The number of urea groups is 1. The highest BCUT2D eigenvalue weighted by molar-refractivity contribution is 5.75. The SMILES string of the molecule is COc1cccc(C2CCCN2C(=O)NC2CCC(O)CC2)c1. The largest absolute Gasteiger partial charge is 0.497 e. The van der Waals surface area contributed by atoms with Crippen molar-refractivity contribution >= 4 is 6.03 Å². The monoisotopic (exact) mass is 318 g/mol. The third-order valence-corrected chi connectivity index (χ3v) is 5.02. The molecule has 0 bridgehead atoms. The number of hydrogen-bond acceptors (Lipinski definition) is 3. The van der Waals surface area contributed by atoms with Gasteiger partial charge in [0.25, 0.3) is 0 Å². The molecule has 1 unspecified atom stereocenters. The maximum absolute atomic E-state index is 12.7. The van der Waals surface area contributed by atoms with Crippen LogP contribution < -0.4 is 10.1 Å². The molecule has 1 heterocycles. The van der Waals surface area contributed by atoms with Crippen LogP contribution in [0.15, 0.2) is 24.3 Å². The molecule has 2 amide bonds. The summed E-state index contributed by atoms with van der Waals surface area (Å²) in [5, 5.41) is 12.7. The number of ether oxygens (including phenoxy) is 1. The van der Waals surface area contributed by atoms with E-state index in [1.165, 1.54) is 0 Å². The van der Waals surface area contributed by atoms with Crippen LogP contribution >= 0.6 is 0 Å². The van der Waals surface area contributed by atoms with Gasteiger partial charge in [-0.15, -0.1) is 0 Å². The van der Waals surface area contributed by atoms with Crippen molar-refractivity contribution in [2.75, 3.05) is 13.7 Å². The maximum atomic E-state index is 12.7. The van der Waals surface area contributed by atoms with Crippen LogP contribution in [0.1, 0.15) is 50.1 Å². The first kappa shape index (κ1) is 16.1. The molecule has 0 spiro atoms. The quantitative estimate of drug-likeness (QED) is 0.901. The van der Waals surface area contributed by atoms with Gasteiger partial charge >= 0.3 is 6.03 Å². The Balaban J connectivity index is 1.64. The Bertz CT molecular complexity index is 541. The number of rotatable bonds is 3. The highest BCUT2D eigenvalue weighted by Gasteiger charge is 2.31. The molecule has 126 valence electrons. The normalized spacial score (nSPS) is 27.7. The third-order valence-electron chi connectivity index (χ3n) is 5.02. The van der Waals surface area contributed by atoms with Crippen LogP contribution in [-0.2, 0) is 0 Å². The van der Waals surface area contributed by atoms with E-state index in [1.807, 2.05) is 23.1 Å². The van der Waals surface area contributed by atoms with E-state index >= 15 is 0 Å². The standard InChI is InChI=1S/C18H26N2O3/c1-23-16-5-2-4-13(12-16)17-6-3-11-20(17)18(22)19-14-7-9-15(21)10-8-14/h2,4-5,12,14-15,17,21H,3,6-11H2,1H3,(H,19,22). The number of aliphatic hydroxyl groups is 1. The summed E-state index contributed by atoms with van der Waals surface area (Å²) >= 11 is 0. The first-order valence-electron chi connectivity index (χ1n) is 8.56. The van der Waals surface area contributed by atoms with Crippen molar-refractivity contribution in [3.05, 3.63) is 29.8 Å². The molecule has 5 nitrogen and oxygen atoms in total. The van der Waals surface area contributed by atoms with Crippen molar-refractivity contribution in [3.8, 4) is 5.75 Å². The second kappa shape index (κ2) is 7.21. The van der Waals surface area contributed by atoms with E-state index in [0.29, 0.717) is 0 Å². The fourth-order valence-corrected chi connectivity index (χ4v) is 3.68. The number of benzene rings is 1. The Hall–Kier alpha value is -1.75. The summed E-state index contributed by atoms with van der Waals surface area (Å²) in [5.41, 5.74) is 1.14. The van der Waals surface area contributed by atoms with Crippen LogP contribution in [0.25, 0.3) is 0 Å². The Morgan fingerprint density at radius 2 is 2.04 bits per heavy atom. The van der Waals surface area contributed by atoms with Gasteiger partial charge in [0.05, 0.1) is 19.3 Å². The van der Waals surface area contributed by atoms with Gasteiger partial charge in [-0.1, -0.05) is 12.1 Å². The number of likely N-dealkylation sites (tertiary alicyclic amines) is 1. The van der Waals surface area contributed by atoms with E-state index < -0.39 is 0 Å². The third kappa shape index (κ3) is 3.78. The van der Waals surface area contributed by atoms with Crippen LogP contribution in [0.3, 0.4) is 0 Å². The van der Waals surface area contributed by atoms with Crippen LogP contribution in [0.2, 0.25) is 0 Å². The average molecular weight is 318 g/mol. The van der Waals surface area contributed by atoms with Crippen LogP contribution in [-0.4, -0.2) is 41.8 Å². The molecule has 2 aliphatic rings. The fourth-order valence-electron chi connectivity index (χ4n) is 3.68. The predicted octanol–water partition coefficient (Wildman–Crippen LogP) is 2.85. The number of carbonyl (C=O) groups excluding carboxylic acids is 1. The molecule has 3 rings (SSSR count). The molecule has 1 atom stereocenters. The van der Waals surface area contributed by atoms with Crippen molar-refractivity contribution < 1.29 is 14.6 Å². The molecule has 1 aliphatic heterocycles. The maximum Gasteiger partial charge on any atom is 0.318 e. The fraction of sp³-hybridized carbons (Fsp3) is 0.611. The molecule has 1 aromatic rings. The molecule has 1 aromatic carbocycles. The van der Waals surface area contributed by atoms with E-state index in [2.05, 4.69) is 11.4 Å². The molecule has 1 saturated heterocycles. The summed E-state index contributed by atoms with van der Waals surface area (Å²) in [4.78, 5) is 14.6. The topological polar surface area (TPSA) is 61.8 Å². The van der Waals surface area contributed by atoms with E-state index in [0.717, 1.165) is 56.4 Å². The van der Waals surface area contributed by atoms with Gasteiger partial charge in [-0.3, -0.25) is 0 Å². The number of nitrogens with zero attached hydrogens (tertiary/aromatic N) is 1. The van der Waals surface area contributed by atoms with Crippen molar-refractivity contribution in [2.24, 2.45) is 0 Å². The predicted molar refractivity (Wildman–Crippen MR) is 88.5 cm³/mol.